The third-order valence-corrected chi connectivity index (χ3v) is 2.84. The maximum Gasteiger partial charge on any atom is 0.149 e. The van der Waals surface area contributed by atoms with Crippen LogP contribution >= 0.6 is 0 Å². The molecule has 0 fully saturated rings. The van der Waals surface area contributed by atoms with E-state index < -0.39 is 9.84 Å². The van der Waals surface area contributed by atoms with E-state index >= 15 is 0 Å². The van der Waals surface area contributed by atoms with Crippen LogP contribution in [0.25, 0.3) is 0 Å². The molecule has 5 heteroatoms. The molecule has 1 N–H and O–H groups in total. The van der Waals surface area contributed by atoms with Crippen LogP contribution in [0.1, 0.15) is 11.6 Å². The van der Waals surface area contributed by atoms with Crippen LogP contribution in [0.2, 0.25) is 0 Å². The van der Waals surface area contributed by atoms with Crippen molar-refractivity contribution in [1.82, 2.24) is 10.3 Å². The largest absolute Gasteiger partial charge is 0.312 e. The van der Waals surface area contributed by atoms with Gasteiger partial charge in [-0.05, 0) is 18.7 Å². The van der Waals surface area contributed by atoms with E-state index in [2.05, 4.69) is 10.3 Å². The first-order valence-electron chi connectivity index (χ1n) is 4.28. The number of rotatable bonds is 4. The number of sulfone groups is 1. The summed E-state index contributed by atoms with van der Waals surface area (Å²) in [6, 6.07) is 3.47. The smallest absolute Gasteiger partial charge is 0.149 e. The van der Waals surface area contributed by atoms with Crippen LogP contribution in [0, 0.1) is 0 Å². The molecule has 0 saturated heterocycles. The van der Waals surface area contributed by atoms with Crippen LogP contribution in [-0.4, -0.2) is 32.5 Å². The van der Waals surface area contributed by atoms with Gasteiger partial charge in [0.2, 0.25) is 0 Å². The van der Waals surface area contributed by atoms with Crippen LogP contribution in [0.4, 0.5) is 0 Å². The van der Waals surface area contributed by atoms with Crippen molar-refractivity contribution >= 4 is 9.84 Å². The first-order chi connectivity index (χ1) is 6.53. The predicted octanol–water partition coefficient (Wildman–Crippen LogP) is 0.387. The van der Waals surface area contributed by atoms with Crippen LogP contribution in [-0.2, 0) is 9.84 Å². The normalized spacial score (nSPS) is 13.9. The van der Waals surface area contributed by atoms with E-state index in [1.54, 1.807) is 25.5 Å². The highest BCUT2D eigenvalue weighted by atomic mass is 32.2. The number of nitrogens with one attached hydrogen (secondary N) is 1. The Kier molecular flexibility index (Phi) is 3.60. The van der Waals surface area contributed by atoms with Crippen molar-refractivity contribution in [1.29, 1.82) is 0 Å². The van der Waals surface area contributed by atoms with E-state index in [9.17, 15) is 8.42 Å². The molecular weight excluding hydrogens is 200 g/mol. The fourth-order valence-electron chi connectivity index (χ4n) is 1.23. The van der Waals surface area contributed by atoms with E-state index in [0.29, 0.717) is 0 Å². The fraction of sp³-hybridized carbons (Fsp3) is 0.444. The van der Waals surface area contributed by atoms with Gasteiger partial charge in [0.25, 0.3) is 0 Å². The molecule has 1 atom stereocenters. The average molecular weight is 214 g/mol. The van der Waals surface area contributed by atoms with E-state index in [1.807, 2.05) is 6.07 Å². The average Bonchev–Trinajstić information content (AvgIpc) is 2.14. The van der Waals surface area contributed by atoms with Gasteiger partial charge in [0, 0.05) is 24.7 Å². The number of aromatic nitrogens is 1. The van der Waals surface area contributed by atoms with Gasteiger partial charge in [0.05, 0.1) is 5.75 Å². The summed E-state index contributed by atoms with van der Waals surface area (Å²) in [5.41, 5.74) is 0.889. The Labute approximate surface area is 84.3 Å². The van der Waals surface area contributed by atoms with E-state index in [-0.39, 0.29) is 11.8 Å². The van der Waals surface area contributed by atoms with Crippen molar-refractivity contribution in [2.75, 3.05) is 19.1 Å². The Balaban J connectivity index is 2.84. The summed E-state index contributed by atoms with van der Waals surface area (Å²) in [7, 11) is -1.23. The maximum absolute atomic E-state index is 11.1. The summed E-state index contributed by atoms with van der Waals surface area (Å²) in [5, 5.41) is 2.96. The molecule has 4 nitrogen and oxygen atoms in total. The molecule has 0 spiro atoms. The van der Waals surface area contributed by atoms with Crippen molar-refractivity contribution in [3.63, 3.8) is 0 Å². The molecule has 1 aromatic heterocycles. The lowest BCUT2D eigenvalue weighted by atomic mass is 10.1. The monoisotopic (exact) mass is 214 g/mol. The molecule has 1 rings (SSSR count). The Morgan fingerprint density at radius 1 is 1.57 bits per heavy atom. The standard InChI is InChI=1S/C9H14N2O2S/c1-10-9(7-14(2,12)13)8-4-3-5-11-6-8/h3-6,9-10H,7H2,1-2H3. The zero-order valence-corrected chi connectivity index (χ0v) is 9.08. The highest BCUT2D eigenvalue weighted by molar-refractivity contribution is 7.90. The van der Waals surface area contributed by atoms with Gasteiger partial charge in [-0.1, -0.05) is 6.07 Å². The molecular formula is C9H14N2O2S. The molecule has 1 unspecified atom stereocenters. The summed E-state index contributed by atoms with van der Waals surface area (Å²) in [6.07, 6.45) is 4.57. The Morgan fingerprint density at radius 2 is 2.29 bits per heavy atom. The fourth-order valence-corrected chi connectivity index (χ4v) is 2.20. The first kappa shape index (κ1) is 11.1. The number of pyridine rings is 1. The molecule has 14 heavy (non-hydrogen) atoms. The van der Waals surface area contributed by atoms with Crippen molar-refractivity contribution in [3.8, 4) is 0 Å². The van der Waals surface area contributed by atoms with Gasteiger partial charge in [-0.3, -0.25) is 4.98 Å². The van der Waals surface area contributed by atoms with E-state index in [0.717, 1.165) is 5.56 Å². The number of hydrogen-bond acceptors (Lipinski definition) is 4. The van der Waals surface area contributed by atoms with Crippen LogP contribution in [0.5, 0.6) is 0 Å². The highest BCUT2D eigenvalue weighted by Gasteiger charge is 2.15. The lowest BCUT2D eigenvalue weighted by molar-refractivity contribution is 0.579. The number of nitrogens with zero attached hydrogens (tertiary/aromatic N) is 1. The Morgan fingerprint density at radius 3 is 2.71 bits per heavy atom. The molecule has 0 radical (unpaired) electrons. The van der Waals surface area contributed by atoms with Crippen molar-refractivity contribution in [2.24, 2.45) is 0 Å². The van der Waals surface area contributed by atoms with E-state index in [4.69, 9.17) is 0 Å². The molecule has 1 heterocycles. The second-order valence-electron chi connectivity index (χ2n) is 3.22. The zero-order valence-electron chi connectivity index (χ0n) is 8.27. The molecule has 0 aliphatic heterocycles. The lowest BCUT2D eigenvalue weighted by Gasteiger charge is -2.14. The van der Waals surface area contributed by atoms with Gasteiger partial charge in [-0.15, -0.1) is 0 Å². The minimum absolute atomic E-state index is 0.0925. The SMILES string of the molecule is CNC(CS(C)(=O)=O)c1cccnc1. The van der Waals surface area contributed by atoms with Crippen LogP contribution in [0.15, 0.2) is 24.5 Å². The zero-order chi connectivity index (χ0) is 10.6. The second kappa shape index (κ2) is 4.52. The molecule has 1 aromatic rings. The summed E-state index contributed by atoms with van der Waals surface area (Å²) in [5.74, 6) is 0.0925. The minimum Gasteiger partial charge on any atom is -0.312 e. The molecule has 0 amide bonds. The summed E-state index contributed by atoms with van der Waals surface area (Å²) < 4.78 is 22.2. The van der Waals surface area contributed by atoms with Gasteiger partial charge in [-0.25, -0.2) is 8.42 Å². The third-order valence-electron chi connectivity index (χ3n) is 1.90. The molecule has 0 saturated carbocycles. The third kappa shape index (κ3) is 3.43. The number of hydrogen-bond donors (Lipinski definition) is 1. The highest BCUT2D eigenvalue weighted by Crippen LogP contribution is 2.12. The van der Waals surface area contributed by atoms with Crippen LogP contribution in [0.3, 0.4) is 0 Å². The Bertz CT molecular complexity index is 375. The van der Waals surface area contributed by atoms with Crippen molar-refractivity contribution < 1.29 is 8.42 Å². The van der Waals surface area contributed by atoms with Gasteiger partial charge in [-0.2, -0.15) is 0 Å². The van der Waals surface area contributed by atoms with Gasteiger partial charge in [0.1, 0.15) is 9.84 Å². The quantitative estimate of drug-likeness (QED) is 0.787. The van der Waals surface area contributed by atoms with Gasteiger partial charge >= 0.3 is 0 Å². The summed E-state index contributed by atoms with van der Waals surface area (Å²) in [4.78, 5) is 3.95. The lowest BCUT2D eigenvalue weighted by Crippen LogP contribution is -2.24. The molecule has 78 valence electrons. The maximum atomic E-state index is 11.1. The molecule has 0 aliphatic carbocycles. The predicted molar refractivity (Wildman–Crippen MR) is 55.7 cm³/mol. The Hall–Kier alpha value is -0.940. The topological polar surface area (TPSA) is 59.1 Å². The molecule has 0 bridgehead atoms. The van der Waals surface area contributed by atoms with Gasteiger partial charge in [0.15, 0.2) is 0 Å². The molecule has 0 aromatic carbocycles. The van der Waals surface area contributed by atoms with E-state index in [1.165, 1.54) is 6.26 Å². The van der Waals surface area contributed by atoms with Crippen molar-refractivity contribution in [2.45, 2.75) is 6.04 Å². The summed E-state index contributed by atoms with van der Waals surface area (Å²) >= 11 is 0. The summed E-state index contributed by atoms with van der Waals surface area (Å²) in [6.45, 7) is 0. The molecule has 0 aliphatic rings. The van der Waals surface area contributed by atoms with Crippen LogP contribution < -0.4 is 5.32 Å². The van der Waals surface area contributed by atoms with Crippen molar-refractivity contribution in [3.05, 3.63) is 30.1 Å². The second-order valence-corrected chi connectivity index (χ2v) is 5.40. The first-order valence-corrected chi connectivity index (χ1v) is 6.34. The van der Waals surface area contributed by atoms with Gasteiger partial charge < -0.3 is 5.32 Å². The minimum atomic E-state index is -2.97.